The molecule has 0 saturated heterocycles. The van der Waals surface area contributed by atoms with Crippen molar-refractivity contribution in [2.24, 2.45) is 0 Å². The summed E-state index contributed by atoms with van der Waals surface area (Å²) in [6, 6.07) is 55.6. The zero-order valence-electron chi connectivity index (χ0n) is 27.7. The van der Waals surface area contributed by atoms with Gasteiger partial charge in [-0.25, -0.2) is 4.98 Å². The van der Waals surface area contributed by atoms with E-state index < -0.39 is 0 Å². The number of nitrogens with zero attached hydrogens (tertiary/aromatic N) is 2. The first-order valence-electron chi connectivity index (χ1n) is 17.0. The second-order valence-corrected chi connectivity index (χ2v) is 13.6. The van der Waals surface area contributed by atoms with E-state index in [9.17, 15) is 0 Å². The quantitative estimate of drug-likeness (QED) is 0.187. The number of furan rings is 1. The molecule has 0 radical (unpaired) electrons. The van der Waals surface area contributed by atoms with Crippen molar-refractivity contribution in [3.05, 3.63) is 169 Å². The van der Waals surface area contributed by atoms with Crippen LogP contribution in [-0.2, 0) is 5.41 Å². The molecule has 4 nitrogen and oxygen atoms in total. The number of hydrogen-bond donors (Lipinski definition) is 0. The van der Waals surface area contributed by atoms with Crippen LogP contribution in [-0.4, -0.2) is 4.98 Å². The number of rotatable bonds is 5. The summed E-state index contributed by atoms with van der Waals surface area (Å²) in [5, 5.41) is 2.04. The maximum Gasteiger partial charge on any atom is 0.227 e. The van der Waals surface area contributed by atoms with Gasteiger partial charge in [-0.2, -0.15) is 0 Å². The molecule has 2 aromatic heterocycles. The fourth-order valence-corrected chi connectivity index (χ4v) is 7.76. The van der Waals surface area contributed by atoms with E-state index in [-0.39, 0.29) is 5.41 Å². The van der Waals surface area contributed by atoms with Gasteiger partial charge in [-0.3, -0.25) is 0 Å². The van der Waals surface area contributed by atoms with Crippen LogP contribution in [0.15, 0.2) is 167 Å². The third-order valence-corrected chi connectivity index (χ3v) is 10.3. The van der Waals surface area contributed by atoms with Crippen LogP contribution in [0.1, 0.15) is 25.0 Å². The zero-order valence-corrected chi connectivity index (χ0v) is 27.7. The van der Waals surface area contributed by atoms with Gasteiger partial charge in [0.15, 0.2) is 5.58 Å². The summed E-state index contributed by atoms with van der Waals surface area (Å²) in [6.45, 7) is 4.64. The Morgan fingerprint density at radius 2 is 1.08 bits per heavy atom. The number of hydrogen-bond acceptors (Lipinski definition) is 4. The summed E-state index contributed by atoms with van der Waals surface area (Å²) in [6.07, 6.45) is 0. The van der Waals surface area contributed by atoms with Crippen LogP contribution in [0.5, 0.6) is 0 Å². The number of oxazole rings is 1. The van der Waals surface area contributed by atoms with Crippen LogP contribution in [0.3, 0.4) is 0 Å². The van der Waals surface area contributed by atoms with Crippen molar-refractivity contribution >= 4 is 50.1 Å². The smallest absolute Gasteiger partial charge is 0.227 e. The first-order chi connectivity index (χ1) is 24.5. The van der Waals surface area contributed by atoms with E-state index in [0.29, 0.717) is 5.89 Å². The summed E-state index contributed by atoms with van der Waals surface area (Å²) in [5.74, 6) is 0.606. The number of benzene rings is 7. The van der Waals surface area contributed by atoms with Gasteiger partial charge in [0.25, 0.3) is 0 Å². The molecule has 0 atom stereocenters. The SMILES string of the molecule is CC1(C)c2ccccc2-c2cc(N(c3ccc(-c4ccccc4)cc3)c3ccc4c(c3)oc3cc5nc(-c6ccccc6)oc5cc34)ccc21. The predicted molar refractivity (Wildman–Crippen MR) is 204 cm³/mol. The predicted octanol–water partition coefficient (Wildman–Crippen LogP) is 12.8. The highest BCUT2D eigenvalue weighted by Crippen LogP contribution is 2.51. The van der Waals surface area contributed by atoms with Gasteiger partial charge in [0.05, 0.1) is 0 Å². The largest absolute Gasteiger partial charge is 0.456 e. The minimum Gasteiger partial charge on any atom is -0.456 e. The van der Waals surface area contributed by atoms with Crippen molar-refractivity contribution in [1.29, 1.82) is 0 Å². The normalized spacial score (nSPS) is 13.2. The molecule has 0 unspecified atom stereocenters. The van der Waals surface area contributed by atoms with E-state index in [2.05, 4.69) is 140 Å². The van der Waals surface area contributed by atoms with E-state index in [4.69, 9.17) is 13.8 Å². The van der Waals surface area contributed by atoms with Crippen molar-refractivity contribution in [2.75, 3.05) is 4.90 Å². The van der Waals surface area contributed by atoms with Crippen molar-refractivity contribution in [3.63, 3.8) is 0 Å². The van der Waals surface area contributed by atoms with E-state index >= 15 is 0 Å². The lowest BCUT2D eigenvalue weighted by Gasteiger charge is -2.27. The Morgan fingerprint density at radius 1 is 0.460 bits per heavy atom. The molecule has 0 spiro atoms. The van der Waals surface area contributed by atoms with Gasteiger partial charge >= 0.3 is 0 Å². The summed E-state index contributed by atoms with van der Waals surface area (Å²) in [5.41, 5.74) is 14.9. The molecule has 4 heteroatoms. The van der Waals surface area contributed by atoms with E-state index in [1.165, 1.54) is 33.4 Å². The minimum atomic E-state index is -0.0598. The van der Waals surface area contributed by atoms with Crippen molar-refractivity contribution in [2.45, 2.75) is 19.3 Å². The van der Waals surface area contributed by atoms with Gasteiger partial charge < -0.3 is 13.7 Å². The third-order valence-electron chi connectivity index (χ3n) is 10.3. The Balaban J connectivity index is 1.11. The third kappa shape index (κ3) is 4.42. The number of aromatic nitrogens is 1. The molecule has 0 amide bonds. The lowest BCUT2D eigenvalue weighted by Crippen LogP contribution is -2.15. The van der Waals surface area contributed by atoms with Gasteiger partial charge in [0, 0.05) is 50.9 Å². The molecular formula is C46H32N2O2. The molecule has 0 fully saturated rings. The lowest BCUT2D eigenvalue weighted by atomic mass is 9.82. The summed E-state index contributed by atoms with van der Waals surface area (Å²) < 4.78 is 12.8. The van der Waals surface area contributed by atoms with Gasteiger partial charge in [-0.15, -0.1) is 0 Å². The van der Waals surface area contributed by atoms with Gasteiger partial charge in [-0.1, -0.05) is 105 Å². The Bertz CT molecular complexity index is 2720. The monoisotopic (exact) mass is 644 g/mol. The van der Waals surface area contributed by atoms with Crippen molar-refractivity contribution in [3.8, 4) is 33.7 Å². The molecule has 0 saturated carbocycles. The average Bonchev–Trinajstić information content (AvgIpc) is 3.81. The highest BCUT2D eigenvalue weighted by molar-refractivity contribution is 6.09. The topological polar surface area (TPSA) is 42.4 Å². The highest BCUT2D eigenvalue weighted by atomic mass is 16.4. The molecule has 0 bridgehead atoms. The molecule has 238 valence electrons. The lowest BCUT2D eigenvalue weighted by molar-refractivity contribution is 0.620. The summed E-state index contributed by atoms with van der Waals surface area (Å²) in [4.78, 5) is 7.11. The van der Waals surface area contributed by atoms with Crippen LogP contribution in [0.4, 0.5) is 17.1 Å². The molecule has 2 heterocycles. The van der Waals surface area contributed by atoms with Crippen LogP contribution >= 0.6 is 0 Å². The Kier molecular flexibility index (Phi) is 6.19. The van der Waals surface area contributed by atoms with Crippen LogP contribution in [0, 0.1) is 0 Å². The molecule has 0 N–H and O–H groups in total. The van der Waals surface area contributed by atoms with E-state index in [0.717, 1.165) is 55.7 Å². The van der Waals surface area contributed by atoms with Crippen LogP contribution < -0.4 is 4.90 Å². The number of anilines is 3. The van der Waals surface area contributed by atoms with Crippen LogP contribution in [0.25, 0.3) is 66.7 Å². The van der Waals surface area contributed by atoms with Gasteiger partial charge in [0.2, 0.25) is 5.89 Å². The average molecular weight is 645 g/mol. The van der Waals surface area contributed by atoms with Gasteiger partial charge in [0.1, 0.15) is 16.7 Å². The second kappa shape index (κ2) is 10.8. The van der Waals surface area contributed by atoms with Crippen molar-refractivity contribution in [1.82, 2.24) is 4.98 Å². The van der Waals surface area contributed by atoms with E-state index in [1.807, 2.05) is 36.4 Å². The second-order valence-electron chi connectivity index (χ2n) is 13.6. The highest BCUT2D eigenvalue weighted by Gasteiger charge is 2.35. The van der Waals surface area contributed by atoms with Crippen LogP contribution in [0.2, 0.25) is 0 Å². The van der Waals surface area contributed by atoms with E-state index in [1.54, 1.807) is 0 Å². The first-order valence-corrected chi connectivity index (χ1v) is 17.0. The Labute approximate surface area is 289 Å². The maximum absolute atomic E-state index is 6.55. The van der Waals surface area contributed by atoms with Gasteiger partial charge in [-0.05, 0) is 88.0 Å². The summed E-state index contributed by atoms with van der Waals surface area (Å²) >= 11 is 0. The molecule has 7 aromatic carbocycles. The zero-order chi connectivity index (χ0) is 33.4. The Hall–Kier alpha value is -6.39. The molecular weight excluding hydrogens is 613 g/mol. The number of fused-ring (bicyclic) bond motifs is 7. The maximum atomic E-state index is 6.55. The Morgan fingerprint density at radius 3 is 1.88 bits per heavy atom. The minimum absolute atomic E-state index is 0.0598. The molecule has 10 rings (SSSR count). The fourth-order valence-electron chi connectivity index (χ4n) is 7.76. The fraction of sp³-hybridized carbons (Fsp3) is 0.0652. The first kappa shape index (κ1) is 28.6. The molecule has 9 aromatic rings. The van der Waals surface area contributed by atoms with Crippen molar-refractivity contribution < 1.29 is 8.83 Å². The summed E-state index contributed by atoms with van der Waals surface area (Å²) in [7, 11) is 0. The molecule has 1 aliphatic carbocycles. The standard InChI is InChI=1S/C46H32N2O2/c1-46(2)39-16-10-9-15-35(39)37-25-33(22-24-40(37)46)48(32-19-17-30(18-20-32)29-11-5-3-6-12-29)34-21-23-36-38-27-44-41(28-43(38)49-42(36)26-34)47-45(50-44)31-13-7-4-8-14-31/h3-28H,1-2H3. The molecule has 50 heavy (non-hydrogen) atoms. The molecule has 0 aliphatic heterocycles. The molecule has 1 aliphatic rings.